The van der Waals surface area contributed by atoms with Crippen molar-refractivity contribution in [2.45, 2.75) is 37.4 Å². The Kier molecular flexibility index (Phi) is 12.8. The Labute approximate surface area is 275 Å². The number of carboxylic acid groups (broad SMARTS) is 2. The fraction of sp³-hybridized carbons (Fsp3) is 0.226. The number of aliphatic hydroxyl groups excluding tert-OH is 1. The van der Waals surface area contributed by atoms with E-state index < -0.39 is 64.8 Å². The number of aliphatic hydroxyl groups is 1. The van der Waals surface area contributed by atoms with Crippen molar-refractivity contribution < 1.29 is 69.1 Å². The number of nitrogens with zero attached hydrogens (tertiary/aromatic N) is 2. The Morgan fingerprint density at radius 2 is 1.33 bits per heavy atom. The summed E-state index contributed by atoms with van der Waals surface area (Å²) in [5, 5.41) is 64.8. The van der Waals surface area contributed by atoms with Crippen molar-refractivity contribution in [2.24, 2.45) is 0 Å². The zero-order chi connectivity index (χ0) is 36.2. The standard InChI is InChI=1S/C22H18O12.C9H13N3O3/c23-13-5-1-11(9-15(13)25)3-7-17(27)33-19(21(29)30)20(22(31)32)34-18(28)8-4-12-2-6-14(24)16(26)10-12;10-7-3-4-12(9(14)11-7)8-2-1-6(5-13)15-8/h1-10,19-20,23-26H,(H,29,30)(H,31,32);3-4,6,8,13H,1-2,5H2,(H2,10,11,14). The molecule has 1 saturated heterocycles. The summed E-state index contributed by atoms with van der Waals surface area (Å²) in [5.74, 6) is -7.98. The van der Waals surface area contributed by atoms with Gasteiger partial charge in [0.2, 0.25) is 12.2 Å². The third-order valence-electron chi connectivity index (χ3n) is 6.52. The number of aromatic nitrogens is 2. The maximum absolute atomic E-state index is 12.0. The highest BCUT2D eigenvalue weighted by Gasteiger charge is 2.40. The van der Waals surface area contributed by atoms with Crippen LogP contribution >= 0.6 is 0 Å². The fourth-order valence-electron chi connectivity index (χ4n) is 4.10. The average Bonchev–Trinajstić information content (AvgIpc) is 3.53. The smallest absolute Gasteiger partial charge is 0.351 e. The van der Waals surface area contributed by atoms with Gasteiger partial charge in [-0.25, -0.2) is 24.0 Å². The quantitative estimate of drug-likeness (QED) is 0.0783. The van der Waals surface area contributed by atoms with Crippen LogP contribution in [-0.2, 0) is 33.4 Å². The molecule has 4 atom stereocenters. The molecule has 2 aromatic carbocycles. The molecule has 1 aliphatic rings. The first-order valence-corrected chi connectivity index (χ1v) is 14.1. The van der Waals surface area contributed by atoms with Crippen molar-refractivity contribution in [2.75, 3.05) is 12.3 Å². The number of carbonyl (C=O) groups excluding carboxylic acids is 2. The summed E-state index contributed by atoms with van der Waals surface area (Å²) < 4.78 is 16.1. The number of nitrogen functional groups attached to an aromatic ring is 1. The van der Waals surface area contributed by atoms with Gasteiger partial charge in [-0.1, -0.05) is 12.1 Å². The van der Waals surface area contributed by atoms with Crippen LogP contribution in [0.3, 0.4) is 0 Å². The molecule has 18 heteroatoms. The molecule has 2 heterocycles. The number of rotatable bonds is 11. The van der Waals surface area contributed by atoms with Gasteiger partial charge in [0, 0.05) is 18.3 Å². The van der Waals surface area contributed by atoms with Crippen LogP contribution in [-0.4, -0.2) is 94.1 Å². The number of ether oxygens (including phenoxy) is 3. The van der Waals surface area contributed by atoms with E-state index in [1.165, 1.54) is 16.7 Å². The molecule has 0 radical (unpaired) electrons. The van der Waals surface area contributed by atoms with E-state index in [0.717, 1.165) is 55.0 Å². The minimum atomic E-state index is -2.40. The molecular formula is C31H31N3O15. The van der Waals surface area contributed by atoms with E-state index in [9.17, 15) is 54.6 Å². The van der Waals surface area contributed by atoms with Crippen molar-refractivity contribution in [1.29, 1.82) is 0 Å². The first-order valence-electron chi connectivity index (χ1n) is 14.1. The van der Waals surface area contributed by atoms with Crippen molar-refractivity contribution in [3.8, 4) is 23.0 Å². The molecule has 1 aliphatic heterocycles. The third kappa shape index (κ3) is 10.8. The molecule has 0 spiro atoms. The Morgan fingerprint density at radius 3 is 1.71 bits per heavy atom. The van der Waals surface area contributed by atoms with Crippen LogP contribution in [0.5, 0.6) is 23.0 Å². The summed E-state index contributed by atoms with van der Waals surface area (Å²) >= 11 is 0. The number of aliphatic carboxylic acids is 2. The number of carboxylic acids is 2. The van der Waals surface area contributed by atoms with Crippen LogP contribution in [0.4, 0.5) is 5.82 Å². The summed E-state index contributed by atoms with van der Waals surface area (Å²) in [6, 6.07) is 8.63. The molecule has 4 rings (SSSR count). The molecule has 1 fully saturated rings. The second-order valence-electron chi connectivity index (χ2n) is 10.1. The van der Waals surface area contributed by atoms with Crippen LogP contribution in [0, 0.1) is 0 Å². The molecule has 0 aliphatic carbocycles. The van der Waals surface area contributed by atoms with Crippen molar-refractivity contribution >= 4 is 41.8 Å². The highest BCUT2D eigenvalue weighted by Crippen LogP contribution is 2.27. The van der Waals surface area contributed by atoms with Gasteiger partial charge >= 0.3 is 29.6 Å². The van der Waals surface area contributed by atoms with E-state index in [1.807, 2.05) is 0 Å². The van der Waals surface area contributed by atoms with Gasteiger partial charge in [0.1, 0.15) is 12.0 Å². The van der Waals surface area contributed by atoms with Crippen LogP contribution in [0.15, 0.2) is 65.6 Å². The molecule has 1 aromatic heterocycles. The highest BCUT2D eigenvalue weighted by molar-refractivity contribution is 5.93. The van der Waals surface area contributed by atoms with Crippen molar-refractivity contribution in [1.82, 2.24) is 9.55 Å². The number of phenols is 4. The van der Waals surface area contributed by atoms with E-state index in [1.54, 1.807) is 12.3 Å². The minimum Gasteiger partial charge on any atom is -0.504 e. The van der Waals surface area contributed by atoms with E-state index in [-0.39, 0.29) is 35.9 Å². The molecule has 0 bridgehead atoms. The Morgan fingerprint density at radius 1 is 0.837 bits per heavy atom. The lowest BCUT2D eigenvalue weighted by atomic mass is 10.2. The van der Waals surface area contributed by atoms with Crippen molar-refractivity contribution in [3.05, 3.63) is 82.4 Å². The number of esters is 2. The monoisotopic (exact) mass is 685 g/mol. The van der Waals surface area contributed by atoms with Gasteiger partial charge in [-0.05, 0) is 66.5 Å². The third-order valence-corrected chi connectivity index (χ3v) is 6.52. The molecule has 49 heavy (non-hydrogen) atoms. The first-order chi connectivity index (χ1) is 23.2. The average molecular weight is 686 g/mol. The molecule has 0 amide bonds. The normalized spacial score (nSPS) is 16.8. The maximum atomic E-state index is 12.0. The van der Waals surface area contributed by atoms with E-state index in [4.69, 9.17) is 15.6 Å². The number of aromatic hydroxyl groups is 4. The Bertz CT molecular complexity index is 1710. The molecule has 18 nitrogen and oxygen atoms in total. The first kappa shape index (κ1) is 37.1. The molecule has 260 valence electrons. The number of anilines is 1. The number of benzene rings is 2. The summed E-state index contributed by atoms with van der Waals surface area (Å²) in [7, 11) is 0. The molecular weight excluding hydrogens is 654 g/mol. The largest absolute Gasteiger partial charge is 0.504 e. The van der Waals surface area contributed by atoms with Crippen LogP contribution in [0.1, 0.15) is 30.2 Å². The number of phenolic OH excluding ortho intramolecular Hbond substituents is 4. The predicted octanol–water partition coefficient (Wildman–Crippen LogP) is 0.724. The summed E-state index contributed by atoms with van der Waals surface area (Å²) in [5.41, 5.74) is 5.41. The van der Waals surface area contributed by atoms with Crippen LogP contribution in [0.25, 0.3) is 12.2 Å². The minimum absolute atomic E-state index is 0.0202. The Balaban J connectivity index is 0.000000357. The summed E-state index contributed by atoms with van der Waals surface area (Å²) in [6.07, 6.45) is 1.36. The molecule has 0 saturated carbocycles. The summed E-state index contributed by atoms with van der Waals surface area (Å²) in [4.78, 5) is 62.0. The zero-order valence-corrected chi connectivity index (χ0v) is 25.2. The number of carbonyl (C=O) groups is 4. The van der Waals surface area contributed by atoms with E-state index >= 15 is 0 Å². The second kappa shape index (κ2) is 17.0. The van der Waals surface area contributed by atoms with Crippen LogP contribution in [0.2, 0.25) is 0 Å². The van der Waals surface area contributed by atoms with Gasteiger partial charge < -0.3 is 55.7 Å². The molecule has 4 unspecified atom stereocenters. The fourth-order valence-corrected chi connectivity index (χ4v) is 4.10. The lowest BCUT2D eigenvalue weighted by Gasteiger charge is -2.19. The topological polar surface area (TPSA) is 298 Å². The van der Waals surface area contributed by atoms with Gasteiger partial charge in [-0.15, -0.1) is 0 Å². The van der Waals surface area contributed by atoms with Gasteiger partial charge in [-0.3, -0.25) is 4.57 Å². The predicted molar refractivity (Wildman–Crippen MR) is 166 cm³/mol. The van der Waals surface area contributed by atoms with Crippen LogP contribution < -0.4 is 11.4 Å². The maximum Gasteiger partial charge on any atom is 0.351 e. The molecule has 3 aromatic rings. The van der Waals surface area contributed by atoms with E-state index in [2.05, 4.69) is 14.5 Å². The zero-order valence-electron chi connectivity index (χ0n) is 25.2. The number of hydrogen-bond donors (Lipinski definition) is 8. The van der Waals surface area contributed by atoms with Gasteiger partial charge in [-0.2, -0.15) is 4.98 Å². The lowest BCUT2D eigenvalue weighted by Crippen LogP contribution is -2.45. The highest BCUT2D eigenvalue weighted by atomic mass is 16.6. The SMILES string of the molecule is Nc1ccn(C2CCC(CO)O2)c(=O)n1.O=C(C=Cc1ccc(O)c(O)c1)OC(C(=O)O)C(OC(=O)C=Cc1ccc(O)c(O)c1)C(=O)O. The van der Waals surface area contributed by atoms with Gasteiger partial charge in [0.15, 0.2) is 23.0 Å². The summed E-state index contributed by atoms with van der Waals surface area (Å²) in [6.45, 7) is -0.0202. The Hall–Kier alpha value is -6.40. The number of hydrogen-bond acceptors (Lipinski definition) is 15. The van der Waals surface area contributed by atoms with Gasteiger partial charge in [0.25, 0.3) is 0 Å². The number of nitrogens with two attached hydrogens (primary N) is 1. The van der Waals surface area contributed by atoms with E-state index in [0.29, 0.717) is 6.42 Å². The lowest BCUT2D eigenvalue weighted by molar-refractivity contribution is -0.183. The second-order valence-corrected chi connectivity index (χ2v) is 10.1. The molecule has 9 N–H and O–H groups in total. The van der Waals surface area contributed by atoms with Crippen molar-refractivity contribution in [3.63, 3.8) is 0 Å². The van der Waals surface area contributed by atoms with Gasteiger partial charge in [0.05, 0.1) is 12.7 Å².